The molecule has 0 spiro atoms. The Morgan fingerprint density at radius 3 is 2.67 bits per heavy atom. The van der Waals surface area contributed by atoms with E-state index in [1.54, 1.807) is 0 Å². The van der Waals surface area contributed by atoms with Gasteiger partial charge in [0.05, 0.1) is 7.11 Å². The first-order chi connectivity index (χ1) is 7.04. The quantitative estimate of drug-likeness (QED) is 0.845. The van der Waals surface area contributed by atoms with E-state index < -0.39 is 11.9 Å². The summed E-state index contributed by atoms with van der Waals surface area (Å²) in [6.45, 7) is 0. The van der Waals surface area contributed by atoms with Crippen LogP contribution in [0.3, 0.4) is 0 Å². The predicted molar refractivity (Wildman–Crippen MR) is 48.6 cm³/mol. The highest BCUT2D eigenvalue weighted by Gasteiger charge is 2.08. The van der Waals surface area contributed by atoms with Crippen molar-refractivity contribution in [2.45, 2.75) is 6.42 Å². The van der Waals surface area contributed by atoms with Gasteiger partial charge in [-0.3, -0.25) is 0 Å². The van der Waals surface area contributed by atoms with Gasteiger partial charge in [0.15, 0.2) is 11.5 Å². The highest BCUT2D eigenvalue weighted by atomic mass is 19.3. The van der Waals surface area contributed by atoms with Gasteiger partial charge >= 0.3 is 0 Å². The maximum atomic E-state index is 13.1. The van der Waals surface area contributed by atoms with E-state index in [2.05, 4.69) is 0 Å². The van der Waals surface area contributed by atoms with E-state index in [1.165, 1.54) is 13.2 Å². The van der Waals surface area contributed by atoms with Gasteiger partial charge in [-0.25, -0.2) is 4.39 Å². The second kappa shape index (κ2) is 4.72. The molecule has 0 aromatic heterocycles. The van der Waals surface area contributed by atoms with Crippen molar-refractivity contribution in [3.05, 3.63) is 35.7 Å². The number of phenolic OH excluding ortho intramolecular Hbond substituents is 1. The van der Waals surface area contributed by atoms with E-state index in [-0.39, 0.29) is 23.5 Å². The number of ether oxygens (including phenoxy) is 1. The molecular formula is C10H9F3O2. The van der Waals surface area contributed by atoms with Gasteiger partial charge in [-0.1, -0.05) is 0 Å². The molecule has 0 radical (unpaired) electrons. The average molecular weight is 218 g/mol. The second-order valence-corrected chi connectivity index (χ2v) is 2.81. The molecule has 1 rings (SSSR count). The van der Waals surface area contributed by atoms with Crippen molar-refractivity contribution in [1.29, 1.82) is 0 Å². The third-order valence-corrected chi connectivity index (χ3v) is 1.82. The molecule has 0 unspecified atom stereocenters. The van der Waals surface area contributed by atoms with Crippen molar-refractivity contribution >= 4 is 0 Å². The van der Waals surface area contributed by atoms with Crippen molar-refractivity contribution in [2.75, 3.05) is 7.11 Å². The van der Waals surface area contributed by atoms with Gasteiger partial charge in [0.1, 0.15) is 5.82 Å². The number of phenols is 1. The molecule has 15 heavy (non-hydrogen) atoms. The van der Waals surface area contributed by atoms with Crippen molar-refractivity contribution in [3.8, 4) is 11.5 Å². The van der Waals surface area contributed by atoms with Crippen molar-refractivity contribution in [2.24, 2.45) is 0 Å². The molecule has 0 amide bonds. The summed E-state index contributed by atoms with van der Waals surface area (Å²) < 4.78 is 41.4. The Labute approximate surface area is 84.6 Å². The van der Waals surface area contributed by atoms with Gasteiger partial charge < -0.3 is 9.84 Å². The van der Waals surface area contributed by atoms with E-state index >= 15 is 0 Å². The average Bonchev–Trinajstić information content (AvgIpc) is 2.16. The number of aromatic hydroxyl groups is 1. The number of halogens is 3. The zero-order chi connectivity index (χ0) is 11.4. The molecule has 1 aromatic rings. The fourth-order valence-corrected chi connectivity index (χ4v) is 1.09. The van der Waals surface area contributed by atoms with E-state index in [0.717, 1.165) is 6.07 Å². The summed E-state index contributed by atoms with van der Waals surface area (Å²) in [5, 5.41) is 9.16. The lowest BCUT2D eigenvalue weighted by atomic mass is 10.1. The van der Waals surface area contributed by atoms with E-state index in [0.29, 0.717) is 6.08 Å². The van der Waals surface area contributed by atoms with Crippen molar-refractivity contribution < 1.29 is 23.0 Å². The van der Waals surface area contributed by atoms with Crippen LogP contribution in [0.4, 0.5) is 13.2 Å². The first-order valence-corrected chi connectivity index (χ1v) is 4.11. The van der Waals surface area contributed by atoms with Crippen LogP contribution in [0.2, 0.25) is 0 Å². The number of methoxy groups -OCH3 is 1. The molecule has 0 bridgehead atoms. The van der Waals surface area contributed by atoms with Crippen LogP contribution in [0, 0.1) is 5.82 Å². The van der Waals surface area contributed by atoms with Gasteiger partial charge in [0.25, 0.3) is 6.08 Å². The van der Waals surface area contributed by atoms with Crippen LogP contribution >= 0.6 is 0 Å². The van der Waals surface area contributed by atoms with Gasteiger partial charge in [-0.05, 0) is 24.1 Å². The lowest BCUT2D eigenvalue weighted by Crippen LogP contribution is -1.92. The summed E-state index contributed by atoms with van der Waals surface area (Å²) in [5.74, 6) is -1.05. The molecule has 0 heterocycles. The smallest absolute Gasteiger partial charge is 0.266 e. The largest absolute Gasteiger partial charge is 0.504 e. The molecule has 82 valence electrons. The van der Waals surface area contributed by atoms with Crippen LogP contribution in [0.25, 0.3) is 0 Å². The minimum atomic E-state index is -1.87. The number of benzene rings is 1. The summed E-state index contributed by atoms with van der Waals surface area (Å²) in [4.78, 5) is 0. The SMILES string of the molecule is COc1cc(CC=C(F)F)c(F)cc1O. The summed E-state index contributed by atoms with van der Waals surface area (Å²) >= 11 is 0. The Kier molecular flexibility index (Phi) is 3.60. The molecule has 0 aliphatic rings. The number of allylic oxidation sites excluding steroid dienone is 1. The molecule has 0 aliphatic heterocycles. The molecule has 1 aromatic carbocycles. The van der Waals surface area contributed by atoms with Crippen molar-refractivity contribution in [3.63, 3.8) is 0 Å². The molecule has 0 saturated heterocycles. The third-order valence-electron chi connectivity index (χ3n) is 1.82. The first-order valence-electron chi connectivity index (χ1n) is 4.11. The first kappa shape index (κ1) is 11.4. The van der Waals surface area contributed by atoms with Crippen LogP contribution in [0.5, 0.6) is 11.5 Å². The van der Waals surface area contributed by atoms with Crippen LogP contribution in [-0.2, 0) is 6.42 Å². The molecule has 1 N–H and O–H groups in total. The molecule has 5 heteroatoms. The topological polar surface area (TPSA) is 29.5 Å². The number of rotatable bonds is 3. The highest BCUT2D eigenvalue weighted by molar-refractivity contribution is 5.43. The fourth-order valence-electron chi connectivity index (χ4n) is 1.09. The number of hydrogen-bond acceptors (Lipinski definition) is 2. The monoisotopic (exact) mass is 218 g/mol. The van der Waals surface area contributed by atoms with Crippen LogP contribution < -0.4 is 4.74 Å². The predicted octanol–water partition coefficient (Wildman–Crippen LogP) is 2.86. The Morgan fingerprint density at radius 1 is 1.47 bits per heavy atom. The number of hydrogen-bond donors (Lipinski definition) is 1. The molecule has 0 fully saturated rings. The van der Waals surface area contributed by atoms with Crippen LogP contribution in [-0.4, -0.2) is 12.2 Å². The lowest BCUT2D eigenvalue weighted by Gasteiger charge is -2.06. The second-order valence-electron chi connectivity index (χ2n) is 2.81. The third kappa shape index (κ3) is 2.90. The van der Waals surface area contributed by atoms with E-state index in [4.69, 9.17) is 9.84 Å². The van der Waals surface area contributed by atoms with Crippen molar-refractivity contribution in [1.82, 2.24) is 0 Å². The van der Waals surface area contributed by atoms with Crippen LogP contribution in [0.1, 0.15) is 5.56 Å². The zero-order valence-electron chi connectivity index (χ0n) is 7.93. The lowest BCUT2D eigenvalue weighted by molar-refractivity contribution is 0.370. The Hall–Kier alpha value is -1.65. The normalized spacial score (nSPS) is 9.87. The summed E-state index contributed by atoms with van der Waals surface area (Å²) in [5.41, 5.74) is 0.0393. The molecular weight excluding hydrogens is 209 g/mol. The molecule has 2 nitrogen and oxygen atoms in total. The zero-order valence-corrected chi connectivity index (χ0v) is 7.93. The summed E-state index contributed by atoms with van der Waals surface area (Å²) in [7, 11) is 1.29. The molecule has 0 aliphatic carbocycles. The standard InChI is InChI=1S/C10H9F3O2/c1-15-9-4-6(2-3-10(12)13)7(11)5-8(9)14/h3-5,14H,2H2,1H3. The van der Waals surface area contributed by atoms with Gasteiger partial charge in [-0.15, -0.1) is 0 Å². The Balaban J connectivity index is 3.02. The maximum absolute atomic E-state index is 13.1. The Bertz CT molecular complexity index is 384. The highest BCUT2D eigenvalue weighted by Crippen LogP contribution is 2.29. The summed E-state index contributed by atoms with van der Waals surface area (Å²) in [6.07, 6.45) is -1.53. The van der Waals surface area contributed by atoms with Gasteiger partial charge in [0, 0.05) is 6.07 Å². The molecule has 0 atom stereocenters. The van der Waals surface area contributed by atoms with Crippen LogP contribution in [0.15, 0.2) is 24.3 Å². The molecule has 0 saturated carbocycles. The summed E-state index contributed by atoms with van der Waals surface area (Å²) in [6, 6.07) is 2.02. The Morgan fingerprint density at radius 2 is 2.13 bits per heavy atom. The van der Waals surface area contributed by atoms with E-state index in [1.807, 2.05) is 0 Å². The maximum Gasteiger partial charge on any atom is 0.266 e. The van der Waals surface area contributed by atoms with E-state index in [9.17, 15) is 13.2 Å². The fraction of sp³-hybridized carbons (Fsp3) is 0.200. The van der Waals surface area contributed by atoms with Gasteiger partial charge in [0.2, 0.25) is 0 Å². The minimum absolute atomic E-state index is 0.0393. The van der Waals surface area contributed by atoms with Gasteiger partial charge in [-0.2, -0.15) is 8.78 Å². The minimum Gasteiger partial charge on any atom is -0.504 e.